The van der Waals surface area contributed by atoms with E-state index in [0.29, 0.717) is 32.7 Å². The first-order valence-corrected chi connectivity index (χ1v) is 8.86. The van der Waals surface area contributed by atoms with Crippen LogP contribution in [0.15, 0.2) is 53.6 Å². The second-order valence-corrected chi connectivity index (χ2v) is 6.70. The Hall–Kier alpha value is -3.26. The lowest BCUT2D eigenvalue weighted by atomic mass is 10.1. The molecule has 0 unspecified atom stereocenters. The van der Waals surface area contributed by atoms with Crippen LogP contribution in [0.3, 0.4) is 0 Å². The van der Waals surface area contributed by atoms with Crippen molar-refractivity contribution in [3.63, 3.8) is 0 Å². The Bertz CT molecular complexity index is 1000. The fraction of sp³-hybridized carbons (Fsp3) is 0.105. The van der Waals surface area contributed by atoms with Gasteiger partial charge < -0.3 is 10.5 Å². The van der Waals surface area contributed by atoms with E-state index >= 15 is 0 Å². The summed E-state index contributed by atoms with van der Waals surface area (Å²) in [4.78, 5) is 16.5. The van der Waals surface area contributed by atoms with Crippen molar-refractivity contribution >= 4 is 28.1 Å². The summed E-state index contributed by atoms with van der Waals surface area (Å²) in [6, 6.07) is 13.4. The van der Waals surface area contributed by atoms with E-state index in [2.05, 4.69) is 15.5 Å². The first-order valence-electron chi connectivity index (χ1n) is 8.04. The maximum Gasteiger partial charge on any atom is 0.283 e. The van der Waals surface area contributed by atoms with Gasteiger partial charge in [-0.2, -0.15) is 5.10 Å². The third kappa shape index (κ3) is 4.48. The van der Waals surface area contributed by atoms with E-state index in [9.17, 15) is 9.18 Å². The number of para-hydroxylation sites is 1. The Balaban J connectivity index is 1.72. The minimum Gasteiger partial charge on any atom is -0.454 e. The minimum absolute atomic E-state index is 0.109. The van der Waals surface area contributed by atoms with Crippen LogP contribution < -0.4 is 15.9 Å². The molecule has 0 radical (unpaired) electrons. The molecule has 3 aromatic rings. The second-order valence-electron chi connectivity index (χ2n) is 5.67. The van der Waals surface area contributed by atoms with Crippen molar-refractivity contribution in [3.05, 3.63) is 70.5 Å². The molecule has 8 heteroatoms. The van der Waals surface area contributed by atoms with Gasteiger partial charge in [-0.05, 0) is 44.2 Å². The number of ether oxygens (including phenoxy) is 1. The van der Waals surface area contributed by atoms with Gasteiger partial charge in [-0.3, -0.25) is 4.79 Å². The number of nitrogens with one attached hydrogen (secondary N) is 1. The standard InChI is InChI=1S/C19H17FN4O2S/c1-11(23-24-18(25)17-12(2)22-19(21)27-17)13-8-9-16(15(20)10-13)26-14-6-4-3-5-7-14/h3-10H,1-2H3,(H2,21,22)(H,24,25)/b23-11+. The van der Waals surface area contributed by atoms with Crippen LogP contribution in [0.5, 0.6) is 11.5 Å². The van der Waals surface area contributed by atoms with Gasteiger partial charge in [-0.25, -0.2) is 14.8 Å². The van der Waals surface area contributed by atoms with Crippen LogP contribution in [-0.4, -0.2) is 16.6 Å². The molecular formula is C19H17FN4O2S. The van der Waals surface area contributed by atoms with Crippen molar-refractivity contribution in [1.82, 2.24) is 10.4 Å². The number of nitrogen functional groups attached to an aromatic ring is 1. The summed E-state index contributed by atoms with van der Waals surface area (Å²) < 4.78 is 19.8. The van der Waals surface area contributed by atoms with Gasteiger partial charge in [0.1, 0.15) is 10.6 Å². The van der Waals surface area contributed by atoms with Crippen molar-refractivity contribution in [1.29, 1.82) is 0 Å². The van der Waals surface area contributed by atoms with E-state index in [1.165, 1.54) is 12.1 Å². The van der Waals surface area contributed by atoms with E-state index in [-0.39, 0.29) is 5.75 Å². The zero-order valence-electron chi connectivity index (χ0n) is 14.7. The zero-order valence-corrected chi connectivity index (χ0v) is 15.5. The van der Waals surface area contributed by atoms with E-state index < -0.39 is 11.7 Å². The van der Waals surface area contributed by atoms with Gasteiger partial charge in [0.25, 0.3) is 5.91 Å². The van der Waals surface area contributed by atoms with Gasteiger partial charge in [0.15, 0.2) is 16.7 Å². The van der Waals surface area contributed by atoms with Gasteiger partial charge in [-0.15, -0.1) is 0 Å². The first kappa shape index (κ1) is 18.5. The SMILES string of the molecule is C/C(=N\NC(=O)c1sc(N)nc1C)c1ccc(Oc2ccccc2)c(F)c1. The number of benzene rings is 2. The molecule has 3 rings (SSSR count). The summed E-state index contributed by atoms with van der Waals surface area (Å²) in [6.07, 6.45) is 0. The number of nitrogens with zero attached hydrogens (tertiary/aromatic N) is 2. The number of hydrazone groups is 1. The van der Waals surface area contributed by atoms with E-state index in [1.807, 2.05) is 6.07 Å². The molecule has 0 saturated heterocycles. The highest BCUT2D eigenvalue weighted by Gasteiger charge is 2.14. The van der Waals surface area contributed by atoms with Crippen molar-refractivity contribution in [3.8, 4) is 11.5 Å². The number of aryl methyl sites for hydroxylation is 1. The number of aromatic nitrogens is 1. The van der Waals surface area contributed by atoms with E-state index in [1.54, 1.807) is 44.2 Å². The number of thiazole rings is 1. The van der Waals surface area contributed by atoms with Crippen LogP contribution in [-0.2, 0) is 0 Å². The average Bonchev–Trinajstić information content (AvgIpc) is 3.00. The Morgan fingerprint density at radius 2 is 2.00 bits per heavy atom. The van der Waals surface area contributed by atoms with Crippen molar-refractivity contribution in [2.75, 3.05) is 5.73 Å². The molecule has 0 saturated carbocycles. The Labute approximate surface area is 159 Å². The van der Waals surface area contributed by atoms with Crippen LogP contribution in [0.2, 0.25) is 0 Å². The Morgan fingerprint density at radius 1 is 1.26 bits per heavy atom. The number of hydrogen-bond donors (Lipinski definition) is 2. The zero-order chi connectivity index (χ0) is 19.4. The number of carbonyl (C=O) groups excluding carboxylic acids is 1. The molecule has 0 fully saturated rings. The fourth-order valence-electron chi connectivity index (χ4n) is 2.30. The minimum atomic E-state index is -0.525. The lowest BCUT2D eigenvalue weighted by Gasteiger charge is -2.08. The number of carbonyl (C=O) groups is 1. The third-order valence-corrected chi connectivity index (χ3v) is 4.65. The van der Waals surface area contributed by atoms with Gasteiger partial charge in [0, 0.05) is 5.56 Å². The molecule has 0 aliphatic heterocycles. The summed E-state index contributed by atoms with van der Waals surface area (Å²) in [7, 11) is 0. The molecule has 1 heterocycles. The quantitative estimate of drug-likeness (QED) is 0.511. The lowest BCUT2D eigenvalue weighted by molar-refractivity contribution is 0.0958. The highest BCUT2D eigenvalue weighted by atomic mass is 32.1. The van der Waals surface area contributed by atoms with Gasteiger partial charge >= 0.3 is 0 Å². The molecule has 0 atom stereocenters. The molecule has 3 N–H and O–H groups in total. The normalized spacial score (nSPS) is 11.3. The van der Waals surface area contributed by atoms with Crippen LogP contribution >= 0.6 is 11.3 Å². The van der Waals surface area contributed by atoms with E-state index in [4.69, 9.17) is 10.5 Å². The molecule has 0 bridgehead atoms. The molecule has 138 valence electrons. The lowest BCUT2D eigenvalue weighted by Crippen LogP contribution is -2.19. The number of amides is 1. The Kier molecular flexibility index (Phi) is 5.46. The molecule has 27 heavy (non-hydrogen) atoms. The molecular weight excluding hydrogens is 367 g/mol. The Morgan fingerprint density at radius 3 is 2.63 bits per heavy atom. The highest BCUT2D eigenvalue weighted by molar-refractivity contribution is 7.17. The summed E-state index contributed by atoms with van der Waals surface area (Å²) in [5.74, 6) is -0.285. The number of hydrogen-bond acceptors (Lipinski definition) is 6. The summed E-state index contributed by atoms with van der Waals surface area (Å²) in [6.45, 7) is 3.36. The smallest absolute Gasteiger partial charge is 0.283 e. The van der Waals surface area contributed by atoms with Crippen molar-refractivity contribution in [2.24, 2.45) is 5.10 Å². The first-order chi connectivity index (χ1) is 12.9. The van der Waals surface area contributed by atoms with Crippen LogP contribution in [0.25, 0.3) is 0 Å². The number of rotatable bonds is 5. The summed E-state index contributed by atoms with van der Waals surface area (Å²) >= 11 is 1.08. The maximum absolute atomic E-state index is 14.3. The predicted molar refractivity (Wildman–Crippen MR) is 104 cm³/mol. The summed E-state index contributed by atoms with van der Waals surface area (Å²) in [5, 5.41) is 4.34. The van der Waals surface area contributed by atoms with Crippen LogP contribution in [0, 0.1) is 12.7 Å². The van der Waals surface area contributed by atoms with Crippen LogP contribution in [0.1, 0.15) is 27.9 Å². The highest BCUT2D eigenvalue weighted by Crippen LogP contribution is 2.25. The third-order valence-electron chi connectivity index (χ3n) is 3.67. The summed E-state index contributed by atoms with van der Waals surface area (Å²) in [5.41, 5.74) is 9.53. The number of anilines is 1. The molecule has 0 aliphatic carbocycles. The molecule has 2 aromatic carbocycles. The van der Waals surface area contributed by atoms with Gasteiger partial charge in [0.05, 0.1) is 11.4 Å². The molecule has 1 amide bonds. The molecule has 6 nitrogen and oxygen atoms in total. The topological polar surface area (TPSA) is 89.6 Å². The van der Waals surface area contributed by atoms with Gasteiger partial charge in [-0.1, -0.05) is 29.5 Å². The monoisotopic (exact) mass is 384 g/mol. The second kappa shape index (κ2) is 7.96. The maximum atomic E-state index is 14.3. The largest absolute Gasteiger partial charge is 0.454 e. The van der Waals surface area contributed by atoms with Crippen molar-refractivity contribution < 1.29 is 13.9 Å². The van der Waals surface area contributed by atoms with Crippen LogP contribution in [0.4, 0.5) is 9.52 Å². The fourth-order valence-corrected chi connectivity index (χ4v) is 3.03. The van der Waals surface area contributed by atoms with Gasteiger partial charge in [0.2, 0.25) is 0 Å². The average molecular weight is 384 g/mol. The number of nitrogens with two attached hydrogens (primary N) is 1. The molecule has 1 aromatic heterocycles. The van der Waals surface area contributed by atoms with E-state index in [0.717, 1.165) is 11.3 Å². The predicted octanol–water partition coefficient (Wildman–Crippen LogP) is 4.12. The molecule has 0 aliphatic rings. The molecule has 0 spiro atoms. The van der Waals surface area contributed by atoms with Crippen molar-refractivity contribution in [2.45, 2.75) is 13.8 Å². The number of halogens is 1.